The van der Waals surface area contributed by atoms with Gasteiger partial charge in [0.15, 0.2) is 9.84 Å². The predicted octanol–water partition coefficient (Wildman–Crippen LogP) is 0.428. The quantitative estimate of drug-likeness (QED) is 0.718. The zero-order valence-corrected chi connectivity index (χ0v) is 16.9. The fourth-order valence-corrected chi connectivity index (χ4v) is 6.69. The van der Waals surface area contributed by atoms with E-state index in [1.807, 2.05) is 4.90 Å². The number of hydrogen-bond acceptors (Lipinski definition) is 6. The third kappa shape index (κ3) is 4.20. The maximum atomic E-state index is 12.9. The highest BCUT2D eigenvalue weighted by Crippen LogP contribution is 2.27. The highest BCUT2D eigenvalue weighted by atomic mass is 32.2. The summed E-state index contributed by atoms with van der Waals surface area (Å²) in [5.41, 5.74) is 1.31. The number of nitrogens with zero attached hydrogens (tertiary/aromatic N) is 3. The van der Waals surface area contributed by atoms with Gasteiger partial charge in [-0.3, -0.25) is 14.5 Å². The van der Waals surface area contributed by atoms with Crippen LogP contribution < -0.4 is 0 Å². The van der Waals surface area contributed by atoms with Gasteiger partial charge in [-0.05, 0) is 28.8 Å². The zero-order valence-electron chi connectivity index (χ0n) is 15.2. The zero-order chi connectivity index (χ0) is 19.0. The highest BCUT2D eigenvalue weighted by molar-refractivity contribution is 7.91. The van der Waals surface area contributed by atoms with Gasteiger partial charge in [0, 0.05) is 51.7 Å². The Hall–Kier alpha value is -1.45. The standard InChI is InChI=1S/C18H25N3O4S2/c22-17-9-15(11-21(17)16-2-8-27(24,25)13-16)18(23)20-5-3-19(4-6-20)10-14-1-7-26-12-14/h1,7,12,15-16H,2-6,8-11,13H2/t15-,16-/m1/s1. The third-order valence-electron chi connectivity index (χ3n) is 5.83. The fourth-order valence-electron chi connectivity index (χ4n) is 4.30. The van der Waals surface area contributed by atoms with E-state index in [2.05, 4.69) is 21.7 Å². The molecule has 4 rings (SSSR count). The van der Waals surface area contributed by atoms with Crippen LogP contribution in [0.1, 0.15) is 18.4 Å². The molecular weight excluding hydrogens is 386 g/mol. The number of amides is 2. The van der Waals surface area contributed by atoms with Gasteiger partial charge in [0.2, 0.25) is 11.8 Å². The second-order valence-electron chi connectivity index (χ2n) is 7.74. The molecule has 3 aliphatic heterocycles. The molecule has 1 aromatic heterocycles. The SMILES string of the molecule is O=C([C@@H]1CC(=O)N([C@@H]2CCS(=O)(=O)C2)C1)N1CCN(Cc2ccsc2)CC1. The smallest absolute Gasteiger partial charge is 0.228 e. The van der Waals surface area contributed by atoms with Crippen LogP contribution in [-0.4, -0.2) is 85.2 Å². The molecule has 4 heterocycles. The van der Waals surface area contributed by atoms with Crippen LogP contribution in [0.4, 0.5) is 0 Å². The molecule has 0 radical (unpaired) electrons. The van der Waals surface area contributed by atoms with Gasteiger partial charge in [-0.2, -0.15) is 11.3 Å². The second kappa shape index (κ2) is 7.52. The first kappa shape index (κ1) is 18.9. The predicted molar refractivity (Wildman–Crippen MR) is 103 cm³/mol. The molecule has 0 aliphatic carbocycles. The summed E-state index contributed by atoms with van der Waals surface area (Å²) in [5, 5.41) is 4.23. The molecule has 0 unspecified atom stereocenters. The van der Waals surface area contributed by atoms with E-state index in [0.717, 1.165) is 19.6 Å². The molecule has 0 bridgehead atoms. The first-order chi connectivity index (χ1) is 12.9. The maximum Gasteiger partial charge on any atom is 0.228 e. The highest BCUT2D eigenvalue weighted by Gasteiger charge is 2.43. The average molecular weight is 412 g/mol. The summed E-state index contributed by atoms with van der Waals surface area (Å²) in [5.74, 6) is -0.176. The lowest BCUT2D eigenvalue weighted by atomic mass is 10.1. The number of carbonyl (C=O) groups excluding carboxylic acids is 2. The number of hydrogen-bond donors (Lipinski definition) is 0. The monoisotopic (exact) mass is 411 g/mol. The van der Waals surface area contributed by atoms with E-state index in [1.165, 1.54) is 5.56 Å². The number of rotatable bonds is 4. The first-order valence-electron chi connectivity index (χ1n) is 9.43. The molecule has 7 nitrogen and oxygen atoms in total. The van der Waals surface area contributed by atoms with E-state index in [9.17, 15) is 18.0 Å². The Morgan fingerprint density at radius 3 is 2.63 bits per heavy atom. The van der Waals surface area contributed by atoms with Crippen molar-refractivity contribution in [2.24, 2.45) is 5.92 Å². The number of likely N-dealkylation sites (tertiary alicyclic amines) is 1. The summed E-state index contributed by atoms with van der Waals surface area (Å²) in [6, 6.07) is 1.88. The van der Waals surface area contributed by atoms with E-state index in [-0.39, 0.29) is 41.7 Å². The molecule has 2 amide bonds. The first-order valence-corrected chi connectivity index (χ1v) is 12.2. The molecule has 27 heavy (non-hydrogen) atoms. The third-order valence-corrected chi connectivity index (χ3v) is 8.31. The number of piperazine rings is 1. The van der Waals surface area contributed by atoms with E-state index in [4.69, 9.17) is 0 Å². The largest absolute Gasteiger partial charge is 0.340 e. The molecule has 0 N–H and O–H groups in total. The molecule has 0 aromatic carbocycles. The number of thiophene rings is 1. The molecule has 3 saturated heterocycles. The Morgan fingerprint density at radius 2 is 2.00 bits per heavy atom. The van der Waals surface area contributed by atoms with Crippen molar-refractivity contribution in [2.45, 2.75) is 25.4 Å². The molecule has 0 saturated carbocycles. The van der Waals surface area contributed by atoms with Crippen molar-refractivity contribution in [1.82, 2.24) is 14.7 Å². The lowest BCUT2D eigenvalue weighted by molar-refractivity contribution is -0.137. The normalized spacial score (nSPS) is 28.8. The van der Waals surface area contributed by atoms with E-state index >= 15 is 0 Å². The van der Waals surface area contributed by atoms with Crippen molar-refractivity contribution >= 4 is 33.0 Å². The molecule has 3 fully saturated rings. The van der Waals surface area contributed by atoms with Crippen LogP contribution >= 0.6 is 11.3 Å². The van der Waals surface area contributed by atoms with Crippen LogP contribution in [0.2, 0.25) is 0 Å². The van der Waals surface area contributed by atoms with Gasteiger partial charge < -0.3 is 9.80 Å². The minimum Gasteiger partial charge on any atom is -0.340 e. The van der Waals surface area contributed by atoms with Crippen LogP contribution in [0.15, 0.2) is 16.8 Å². The van der Waals surface area contributed by atoms with Crippen molar-refractivity contribution < 1.29 is 18.0 Å². The molecule has 1 aromatic rings. The Labute approximate surface area is 163 Å². The topological polar surface area (TPSA) is 78.0 Å². The van der Waals surface area contributed by atoms with Gasteiger partial charge in [0.1, 0.15) is 0 Å². The molecule has 3 aliphatic rings. The van der Waals surface area contributed by atoms with Crippen LogP contribution in [0.3, 0.4) is 0 Å². The van der Waals surface area contributed by atoms with Gasteiger partial charge in [-0.25, -0.2) is 8.42 Å². The van der Waals surface area contributed by atoms with E-state index in [1.54, 1.807) is 16.2 Å². The lowest BCUT2D eigenvalue weighted by Crippen LogP contribution is -2.50. The van der Waals surface area contributed by atoms with Gasteiger partial charge in [-0.1, -0.05) is 0 Å². The maximum absolute atomic E-state index is 12.9. The second-order valence-corrected chi connectivity index (χ2v) is 10.7. The van der Waals surface area contributed by atoms with Crippen LogP contribution in [0.5, 0.6) is 0 Å². The molecule has 0 spiro atoms. The Bertz CT molecular complexity index is 801. The molecule has 148 valence electrons. The lowest BCUT2D eigenvalue weighted by Gasteiger charge is -2.35. The van der Waals surface area contributed by atoms with Crippen molar-refractivity contribution in [3.05, 3.63) is 22.4 Å². The Kier molecular flexibility index (Phi) is 5.26. The number of carbonyl (C=O) groups is 2. The fraction of sp³-hybridized carbons (Fsp3) is 0.667. The summed E-state index contributed by atoms with van der Waals surface area (Å²) < 4.78 is 23.4. The van der Waals surface area contributed by atoms with Crippen LogP contribution in [0, 0.1) is 5.92 Å². The number of sulfone groups is 1. The summed E-state index contributed by atoms with van der Waals surface area (Å²) >= 11 is 1.70. The van der Waals surface area contributed by atoms with Crippen molar-refractivity contribution in [3.8, 4) is 0 Å². The summed E-state index contributed by atoms with van der Waals surface area (Å²) in [6.45, 7) is 4.33. The summed E-state index contributed by atoms with van der Waals surface area (Å²) in [4.78, 5) is 31.1. The molecular formula is C18H25N3O4S2. The van der Waals surface area contributed by atoms with Crippen molar-refractivity contribution in [2.75, 3.05) is 44.2 Å². The summed E-state index contributed by atoms with van der Waals surface area (Å²) in [6.07, 6.45) is 0.709. The van der Waals surface area contributed by atoms with Crippen LogP contribution in [0.25, 0.3) is 0 Å². The van der Waals surface area contributed by atoms with Gasteiger partial charge in [0.05, 0.1) is 17.4 Å². The Balaban J connectivity index is 1.29. The van der Waals surface area contributed by atoms with E-state index < -0.39 is 9.84 Å². The van der Waals surface area contributed by atoms with Gasteiger partial charge >= 0.3 is 0 Å². The minimum absolute atomic E-state index is 0.0426. The molecule has 9 heteroatoms. The van der Waals surface area contributed by atoms with Crippen LogP contribution in [-0.2, 0) is 26.0 Å². The average Bonchev–Trinajstić information content (AvgIpc) is 3.35. The van der Waals surface area contributed by atoms with Crippen molar-refractivity contribution in [1.29, 1.82) is 0 Å². The molecule has 2 atom stereocenters. The summed E-state index contributed by atoms with van der Waals surface area (Å²) in [7, 11) is -3.04. The van der Waals surface area contributed by atoms with E-state index in [0.29, 0.717) is 26.1 Å². The Morgan fingerprint density at radius 1 is 1.22 bits per heavy atom. The van der Waals surface area contributed by atoms with Crippen molar-refractivity contribution in [3.63, 3.8) is 0 Å². The van der Waals surface area contributed by atoms with Gasteiger partial charge in [-0.15, -0.1) is 0 Å². The van der Waals surface area contributed by atoms with Gasteiger partial charge in [0.25, 0.3) is 0 Å². The minimum atomic E-state index is -3.04.